The zero-order valence-electron chi connectivity index (χ0n) is 9.25. The van der Waals surface area contributed by atoms with Crippen LogP contribution in [0.4, 0.5) is 0 Å². The molecule has 0 saturated carbocycles. The lowest BCUT2D eigenvalue weighted by Gasteiger charge is -1.96. The van der Waals surface area contributed by atoms with Gasteiger partial charge in [-0.3, -0.25) is 4.79 Å². The number of carbonyl (C=O) groups is 1. The molecule has 0 radical (unpaired) electrons. The summed E-state index contributed by atoms with van der Waals surface area (Å²) in [5, 5.41) is 2.79. The van der Waals surface area contributed by atoms with Crippen LogP contribution in [0.2, 0.25) is 0 Å². The quantitative estimate of drug-likeness (QED) is 0.815. The number of unbranched alkanes of at least 4 members (excludes halogenated alkanes) is 1. The van der Waals surface area contributed by atoms with Crippen molar-refractivity contribution in [2.45, 2.75) is 26.7 Å². The van der Waals surface area contributed by atoms with Crippen LogP contribution in [0, 0.1) is 0 Å². The lowest BCUT2D eigenvalue weighted by molar-refractivity contribution is 0.0960. The molecule has 82 valence electrons. The van der Waals surface area contributed by atoms with Crippen molar-refractivity contribution in [2.24, 2.45) is 0 Å². The number of hydrogen-bond acceptors (Lipinski definition) is 2. The highest BCUT2D eigenvalue weighted by atomic mass is 32.1. The summed E-state index contributed by atoms with van der Waals surface area (Å²) in [6.45, 7) is 4.75. The van der Waals surface area contributed by atoms with Gasteiger partial charge < -0.3 is 5.32 Å². The Bertz CT molecular complexity index is 341. The normalized spacial score (nSPS) is 10.8. The minimum atomic E-state index is 0.0256. The lowest BCUT2D eigenvalue weighted by Crippen LogP contribution is -2.21. The molecule has 3 heteroatoms. The van der Waals surface area contributed by atoms with Crippen molar-refractivity contribution in [3.05, 3.63) is 28.0 Å². The molecule has 0 bridgehead atoms. The maximum atomic E-state index is 11.5. The van der Waals surface area contributed by atoms with Gasteiger partial charge in [0.25, 0.3) is 5.91 Å². The Labute approximate surface area is 95.0 Å². The first kappa shape index (κ1) is 12.0. The molecule has 15 heavy (non-hydrogen) atoms. The number of amides is 1. The lowest BCUT2D eigenvalue weighted by atomic mass is 10.3. The molecule has 0 aliphatic heterocycles. The third kappa shape index (κ3) is 3.88. The molecule has 2 nitrogen and oxygen atoms in total. The molecule has 1 amide bonds. The number of thiophene rings is 1. The zero-order chi connectivity index (χ0) is 11.1. The monoisotopic (exact) mass is 223 g/mol. The van der Waals surface area contributed by atoms with Crippen LogP contribution in [0.1, 0.15) is 41.2 Å². The van der Waals surface area contributed by atoms with Crippen LogP contribution < -0.4 is 5.32 Å². The van der Waals surface area contributed by atoms with Crippen molar-refractivity contribution in [3.63, 3.8) is 0 Å². The second-order valence-corrected chi connectivity index (χ2v) is 4.37. The van der Waals surface area contributed by atoms with Crippen molar-refractivity contribution < 1.29 is 4.79 Å². The van der Waals surface area contributed by atoms with E-state index in [9.17, 15) is 4.79 Å². The molecule has 0 saturated heterocycles. The van der Waals surface area contributed by atoms with Gasteiger partial charge in [-0.15, -0.1) is 11.3 Å². The summed E-state index contributed by atoms with van der Waals surface area (Å²) in [6, 6.07) is 3.86. The molecule has 0 atom stereocenters. The van der Waals surface area contributed by atoms with E-state index >= 15 is 0 Å². The van der Waals surface area contributed by atoms with Crippen molar-refractivity contribution in [2.75, 3.05) is 6.54 Å². The summed E-state index contributed by atoms with van der Waals surface area (Å²) in [7, 11) is 0. The molecule has 0 fully saturated rings. The predicted octanol–water partition coefficient (Wildman–Crippen LogP) is 3.31. The summed E-state index contributed by atoms with van der Waals surface area (Å²) < 4.78 is 0. The van der Waals surface area contributed by atoms with E-state index in [4.69, 9.17) is 0 Å². The van der Waals surface area contributed by atoms with E-state index in [-0.39, 0.29) is 5.91 Å². The molecular weight excluding hydrogens is 206 g/mol. The maximum Gasteiger partial charge on any atom is 0.261 e. The van der Waals surface area contributed by atoms with Gasteiger partial charge in [-0.25, -0.2) is 0 Å². The first-order valence-electron chi connectivity index (χ1n) is 5.32. The molecule has 0 spiro atoms. The standard InChI is InChI=1S/C12H17NOS/c1-3-5-6-7-10-8-9-11(15-10)12(14)13-4-2/h6-9H,3-5H2,1-2H3,(H,13,14)/b7-6+. The Morgan fingerprint density at radius 2 is 2.27 bits per heavy atom. The number of hydrogen-bond donors (Lipinski definition) is 1. The van der Waals surface area contributed by atoms with Gasteiger partial charge in [0, 0.05) is 11.4 Å². The zero-order valence-corrected chi connectivity index (χ0v) is 10.1. The highest BCUT2D eigenvalue weighted by molar-refractivity contribution is 7.14. The molecule has 1 N–H and O–H groups in total. The van der Waals surface area contributed by atoms with Gasteiger partial charge in [0.1, 0.15) is 0 Å². The fourth-order valence-corrected chi connectivity index (χ4v) is 2.03. The summed E-state index contributed by atoms with van der Waals surface area (Å²) in [6.07, 6.45) is 6.48. The summed E-state index contributed by atoms with van der Waals surface area (Å²) in [5.74, 6) is 0.0256. The van der Waals surface area contributed by atoms with E-state index in [0.29, 0.717) is 6.54 Å². The van der Waals surface area contributed by atoms with Crippen molar-refractivity contribution in [1.29, 1.82) is 0 Å². The Hall–Kier alpha value is -1.09. The van der Waals surface area contributed by atoms with Gasteiger partial charge in [-0.1, -0.05) is 19.4 Å². The van der Waals surface area contributed by atoms with Crippen LogP contribution >= 0.6 is 11.3 Å². The molecule has 1 aromatic rings. The Balaban J connectivity index is 2.59. The number of allylic oxidation sites excluding steroid dienone is 1. The largest absolute Gasteiger partial charge is 0.352 e. The molecule has 1 aromatic heterocycles. The SMILES string of the molecule is CCC/C=C/c1ccc(C(=O)NCC)s1. The van der Waals surface area contributed by atoms with Gasteiger partial charge in [0.15, 0.2) is 0 Å². The minimum absolute atomic E-state index is 0.0256. The predicted molar refractivity (Wildman–Crippen MR) is 66.3 cm³/mol. The highest BCUT2D eigenvalue weighted by Crippen LogP contribution is 2.18. The van der Waals surface area contributed by atoms with E-state index in [1.165, 1.54) is 11.3 Å². The number of carbonyl (C=O) groups excluding carboxylic acids is 1. The first-order chi connectivity index (χ1) is 7.27. The van der Waals surface area contributed by atoms with Crippen LogP contribution in [0.15, 0.2) is 18.2 Å². The van der Waals surface area contributed by atoms with E-state index in [0.717, 1.165) is 22.6 Å². The molecular formula is C12H17NOS. The average molecular weight is 223 g/mol. The minimum Gasteiger partial charge on any atom is -0.352 e. The Kier molecular flexibility index (Phi) is 5.12. The van der Waals surface area contributed by atoms with E-state index in [2.05, 4.69) is 24.4 Å². The van der Waals surface area contributed by atoms with Gasteiger partial charge in [0.05, 0.1) is 4.88 Å². The van der Waals surface area contributed by atoms with Crippen LogP contribution in [0.25, 0.3) is 6.08 Å². The third-order valence-electron chi connectivity index (χ3n) is 1.93. The molecule has 0 aliphatic rings. The summed E-state index contributed by atoms with van der Waals surface area (Å²) in [4.78, 5) is 13.4. The van der Waals surface area contributed by atoms with Crippen LogP contribution in [-0.2, 0) is 0 Å². The fourth-order valence-electron chi connectivity index (χ4n) is 1.18. The average Bonchev–Trinajstić information content (AvgIpc) is 2.67. The van der Waals surface area contributed by atoms with E-state index < -0.39 is 0 Å². The van der Waals surface area contributed by atoms with Gasteiger partial charge in [0.2, 0.25) is 0 Å². The first-order valence-corrected chi connectivity index (χ1v) is 6.14. The van der Waals surface area contributed by atoms with E-state index in [1.807, 2.05) is 19.1 Å². The molecule has 1 rings (SSSR count). The van der Waals surface area contributed by atoms with Crippen LogP contribution in [0.5, 0.6) is 0 Å². The molecule has 0 unspecified atom stereocenters. The molecule has 0 aliphatic carbocycles. The van der Waals surface area contributed by atoms with Crippen molar-refractivity contribution >= 4 is 23.3 Å². The smallest absolute Gasteiger partial charge is 0.261 e. The topological polar surface area (TPSA) is 29.1 Å². The third-order valence-corrected chi connectivity index (χ3v) is 2.97. The maximum absolute atomic E-state index is 11.5. The second kappa shape index (κ2) is 6.40. The molecule has 1 heterocycles. The number of rotatable bonds is 5. The van der Waals surface area contributed by atoms with Gasteiger partial charge in [-0.2, -0.15) is 0 Å². The van der Waals surface area contributed by atoms with Crippen LogP contribution in [-0.4, -0.2) is 12.5 Å². The van der Waals surface area contributed by atoms with Crippen molar-refractivity contribution in [1.82, 2.24) is 5.32 Å². The molecule has 0 aromatic carbocycles. The number of nitrogens with one attached hydrogen (secondary N) is 1. The van der Waals surface area contributed by atoms with Gasteiger partial charge >= 0.3 is 0 Å². The van der Waals surface area contributed by atoms with Gasteiger partial charge in [-0.05, 0) is 31.6 Å². The summed E-state index contributed by atoms with van der Waals surface area (Å²) >= 11 is 1.53. The Morgan fingerprint density at radius 3 is 2.93 bits per heavy atom. The second-order valence-electron chi connectivity index (χ2n) is 3.25. The summed E-state index contributed by atoms with van der Waals surface area (Å²) in [5.41, 5.74) is 0. The van der Waals surface area contributed by atoms with Crippen molar-refractivity contribution in [3.8, 4) is 0 Å². The van der Waals surface area contributed by atoms with Crippen LogP contribution in [0.3, 0.4) is 0 Å². The van der Waals surface area contributed by atoms with E-state index in [1.54, 1.807) is 0 Å². The fraction of sp³-hybridized carbons (Fsp3) is 0.417. The Morgan fingerprint density at radius 1 is 1.47 bits per heavy atom. The highest BCUT2D eigenvalue weighted by Gasteiger charge is 2.05.